The summed E-state index contributed by atoms with van der Waals surface area (Å²) in [4.78, 5) is 2.02. The lowest BCUT2D eigenvalue weighted by Gasteiger charge is -2.21. The normalized spacial score (nSPS) is 12.4. The second-order valence-corrected chi connectivity index (χ2v) is 6.99. The van der Waals surface area contributed by atoms with Crippen molar-refractivity contribution in [3.63, 3.8) is 0 Å². The molecule has 5 nitrogen and oxygen atoms in total. The first-order valence-corrected chi connectivity index (χ1v) is 9.30. The van der Waals surface area contributed by atoms with Gasteiger partial charge in [-0.1, -0.05) is 30.3 Å². The van der Waals surface area contributed by atoms with E-state index >= 15 is 0 Å². The van der Waals surface area contributed by atoms with Gasteiger partial charge in [-0.3, -0.25) is 4.90 Å². The van der Waals surface area contributed by atoms with E-state index in [1.807, 2.05) is 60.8 Å². The maximum Gasteiger partial charge on any atom is 0.165 e. The van der Waals surface area contributed by atoms with Crippen molar-refractivity contribution in [3.8, 4) is 11.4 Å². The van der Waals surface area contributed by atoms with Gasteiger partial charge in [-0.15, -0.1) is 0 Å². The molecule has 1 unspecified atom stereocenters. The van der Waals surface area contributed by atoms with Gasteiger partial charge in [0.25, 0.3) is 0 Å². The van der Waals surface area contributed by atoms with Gasteiger partial charge < -0.3 is 9.84 Å². The van der Waals surface area contributed by atoms with Crippen LogP contribution in [0.4, 0.5) is 4.39 Å². The Labute approximate surface area is 165 Å². The van der Waals surface area contributed by atoms with Crippen LogP contribution in [0.3, 0.4) is 0 Å². The lowest BCUT2D eigenvalue weighted by molar-refractivity contribution is 0.0727. The van der Waals surface area contributed by atoms with Crippen LogP contribution >= 0.6 is 0 Å². The molecular weight excluding hydrogens is 357 g/mol. The molecule has 1 N–H and O–H groups in total. The molecule has 0 saturated carbocycles. The highest BCUT2D eigenvalue weighted by molar-refractivity contribution is 5.36. The van der Waals surface area contributed by atoms with Gasteiger partial charge >= 0.3 is 0 Å². The lowest BCUT2D eigenvalue weighted by Crippen LogP contribution is -2.33. The zero-order chi connectivity index (χ0) is 20.1. The third kappa shape index (κ3) is 4.77. The summed E-state index contributed by atoms with van der Waals surface area (Å²) in [5.41, 5.74) is 4.20. The number of hydrogen-bond acceptors (Lipinski definition) is 4. The van der Waals surface area contributed by atoms with Crippen molar-refractivity contribution in [1.29, 1.82) is 0 Å². The van der Waals surface area contributed by atoms with Crippen molar-refractivity contribution >= 4 is 0 Å². The third-order valence-electron chi connectivity index (χ3n) is 4.66. The van der Waals surface area contributed by atoms with Gasteiger partial charge in [-0.05, 0) is 45.2 Å². The Bertz CT molecular complexity index is 911. The first-order valence-electron chi connectivity index (χ1n) is 9.30. The van der Waals surface area contributed by atoms with Crippen molar-refractivity contribution in [2.75, 3.05) is 20.2 Å². The zero-order valence-electron chi connectivity index (χ0n) is 16.5. The standard InChI is InChI=1S/C22H26FN3O2/c1-16-20(17(2)26(24-16)18-9-5-4-6-10-18)14-25(3)13-19(27)15-28-22-12-8-7-11-21(22)23/h4-12,19,27H,13-15H2,1-3H3. The Hall–Kier alpha value is -2.70. The number of aliphatic hydroxyl groups excluding tert-OH is 1. The highest BCUT2D eigenvalue weighted by Crippen LogP contribution is 2.19. The summed E-state index contributed by atoms with van der Waals surface area (Å²) in [6, 6.07) is 16.2. The number of nitrogens with zero attached hydrogens (tertiary/aromatic N) is 3. The molecule has 0 bridgehead atoms. The van der Waals surface area contributed by atoms with Crippen molar-refractivity contribution < 1.29 is 14.2 Å². The van der Waals surface area contributed by atoms with Gasteiger partial charge in [0.15, 0.2) is 11.6 Å². The van der Waals surface area contributed by atoms with Gasteiger partial charge in [0.1, 0.15) is 12.7 Å². The molecule has 0 saturated heterocycles. The van der Waals surface area contributed by atoms with Gasteiger partial charge in [-0.2, -0.15) is 5.10 Å². The van der Waals surface area contributed by atoms with E-state index in [0.29, 0.717) is 13.1 Å². The molecule has 0 amide bonds. The van der Waals surface area contributed by atoms with Crippen LogP contribution in [0.1, 0.15) is 17.0 Å². The van der Waals surface area contributed by atoms with Crippen LogP contribution in [0, 0.1) is 19.7 Å². The van der Waals surface area contributed by atoms with Crippen LogP contribution < -0.4 is 4.74 Å². The molecule has 28 heavy (non-hydrogen) atoms. The summed E-state index contributed by atoms with van der Waals surface area (Å²) in [7, 11) is 1.94. The van der Waals surface area contributed by atoms with E-state index in [9.17, 15) is 9.50 Å². The maximum absolute atomic E-state index is 13.6. The maximum atomic E-state index is 13.6. The highest BCUT2D eigenvalue weighted by atomic mass is 19.1. The van der Waals surface area contributed by atoms with Crippen LogP contribution in [0.15, 0.2) is 54.6 Å². The van der Waals surface area contributed by atoms with Crippen molar-refractivity contribution in [2.45, 2.75) is 26.5 Å². The first-order chi connectivity index (χ1) is 13.5. The molecule has 2 aromatic carbocycles. The van der Waals surface area contributed by atoms with Gasteiger partial charge in [0.2, 0.25) is 0 Å². The van der Waals surface area contributed by atoms with Crippen molar-refractivity contribution in [1.82, 2.24) is 14.7 Å². The van der Waals surface area contributed by atoms with E-state index in [4.69, 9.17) is 4.74 Å². The van der Waals surface area contributed by atoms with E-state index < -0.39 is 11.9 Å². The molecule has 1 heterocycles. The fraction of sp³-hybridized carbons (Fsp3) is 0.318. The lowest BCUT2D eigenvalue weighted by atomic mass is 10.2. The minimum atomic E-state index is -0.727. The largest absolute Gasteiger partial charge is 0.488 e. The number of hydrogen-bond donors (Lipinski definition) is 1. The number of para-hydroxylation sites is 2. The average molecular weight is 383 g/mol. The predicted octanol–water partition coefficient (Wildman–Crippen LogP) is 3.50. The summed E-state index contributed by atoms with van der Waals surface area (Å²) < 4.78 is 20.9. The fourth-order valence-corrected chi connectivity index (χ4v) is 3.22. The summed E-state index contributed by atoms with van der Waals surface area (Å²) in [5, 5.41) is 14.9. The number of ether oxygens (including phenoxy) is 1. The van der Waals surface area contributed by atoms with Gasteiger partial charge in [0, 0.05) is 24.3 Å². The minimum absolute atomic E-state index is 0.0342. The molecule has 6 heteroatoms. The number of aryl methyl sites for hydroxylation is 1. The smallest absolute Gasteiger partial charge is 0.165 e. The Morgan fingerprint density at radius 3 is 2.50 bits per heavy atom. The molecule has 0 aliphatic heterocycles. The van der Waals surface area contributed by atoms with Crippen LogP contribution in [0.25, 0.3) is 5.69 Å². The molecule has 0 fully saturated rings. The van der Waals surface area contributed by atoms with Gasteiger partial charge in [0.05, 0.1) is 11.4 Å². The summed E-state index contributed by atoms with van der Waals surface area (Å²) in [6.07, 6.45) is -0.727. The quantitative estimate of drug-likeness (QED) is 0.647. The van der Waals surface area contributed by atoms with E-state index in [0.717, 1.165) is 22.6 Å². The molecule has 0 spiro atoms. The second kappa shape index (κ2) is 8.99. The van der Waals surface area contributed by atoms with Crippen LogP contribution in [-0.4, -0.2) is 46.1 Å². The number of benzene rings is 2. The molecule has 3 aromatic rings. The molecule has 1 aromatic heterocycles. The summed E-state index contributed by atoms with van der Waals surface area (Å²) >= 11 is 0. The molecule has 0 aliphatic carbocycles. The summed E-state index contributed by atoms with van der Waals surface area (Å²) in [5.74, 6) is -0.275. The fourth-order valence-electron chi connectivity index (χ4n) is 3.22. The third-order valence-corrected chi connectivity index (χ3v) is 4.66. The highest BCUT2D eigenvalue weighted by Gasteiger charge is 2.17. The number of rotatable bonds is 8. The molecule has 0 aliphatic rings. The Kier molecular flexibility index (Phi) is 6.44. The molecule has 3 rings (SSSR count). The van der Waals surface area contributed by atoms with Crippen LogP contribution in [0.5, 0.6) is 5.75 Å². The molecular formula is C22H26FN3O2. The SMILES string of the molecule is Cc1nn(-c2ccccc2)c(C)c1CN(C)CC(O)COc1ccccc1F. The van der Waals surface area contributed by atoms with E-state index in [1.165, 1.54) is 6.07 Å². The van der Waals surface area contributed by atoms with Crippen LogP contribution in [0.2, 0.25) is 0 Å². The minimum Gasteiger partial charge on any atom is -0.488 e. The molecule has 0 radical (unpaired) electrons. The van der Waals surface area contributed by atoms with Crippen LogP contribution in [-0.2, 0) is 6.54 Å². The summed E-state index contributed by atoms with van der Waals surface area (Å²) in [6.45, 7) is 5.14. The topological polar surface area (TPSA) is 50.5 Å². The Morgan fingerprint density at radius 2 is 1.79 bits per heavy atom. The van der Waals surface area contributed by atoms with Gasteiger partial charge in [-0.25, -0.2) is 9.07 Å². The zero-order valence-corrected chi connectivity index (χ0v) is 16.5. The Balaban J connectivity index is 1.59. The number of halogens is 1. The average Bonchev–Trinajstić information content (AvgIpc) is 2.96. The number of likely N-dealkylation sites (N-methyl/N-ethyl adjacent to an activating group) is 1. The molecule has 148 valence electrons. The van der Waals surface area contributed by atoms with E-state index in [1.54, 1.807) is 18.2 Å². The predicted molar refractivity (Wildman–Crippen MR) is 107 cm³/mol. The van der Waals surface area contributed by atoms with Crippen molar-refractivity contribution in [2.24, 2.45) is 0 Å². The number of aliphatic hydroxyl groups is 1. The number of aromatic nitrogens is 2. The van der Waals surface area contributed by atoms with E-state index in [-0.39, 0.29) is 12.4 Å². The molecule has 1 atom stereocenters. The first kappa shape index (κ1) is 20.0. The Morgan fingerprint density at radius 1 is 1.11 bits per heavy atom. The monoisotopic (exact) mass is 383 g/mol. The second-order valence-electron chi connectivity index (χ2n) is 6.99. The van der Waals surface area contributed by atoms with E-state index in [2.05, 4.69) is 5.10 Å². The van der Waals surface area contributed by atoms with Crippen molar-refractivity contribution in [3.05, 3.63) is 77.4 Å².